The molecule has 1 aliphatic heterocycles. The Morgan fingerprint density at radius 2 is 1.69 bits per heavy atom. The molecule has 1 heterocycles. The lowest BCUT2D eigenvalue weighted by Gasteiger charge is -2.36. The first-order valence-corrected chi connectivity index (χ1v) is 10.2. The number of benzene rings is 3. The SMILES string of the molecule is C[C@@H]1CCCCN1c1ccc(N)cc1NC(=O)c1ccc(-c2ccccc2)cc1. The summed E-state index contributed by atoms with van der Waals surface area (Å²) in [6.07, 6.45) is 3.59. The Hall–Kier alpha value is -3.27. The second-order valence-corrected chi connectivity index (χ2v) is 7.71. The van der Waals surface area contributed by atoms with Crippen LogP contribution < -0.4 is 16.0 Å². The number of amides is 1. The van der Waals surface area contributed by atoms with Crippen molar-refractivity contribution in [1.82, 2.24) is 0 Å². The van der Waals surface area contributed by atoms with Crippen molar-refractivity contribution in [3.8, 4) is 11.1 Å². The maximum Gasteiger partial charge on any atom is 0.255 e. The van der Waals surface area contributed by atoms with Crippen LogP contribution >= 0.6 is 0 Å². The van der Waals surface area contributed by atoms with E-state index in [4.69, 9.17) is 5.73 Å². The number of carbonyl (C=O) groups excluding carboxylic acids is 1. The minimum absolute atomic E-state index is 0.124. The smallest absolute Gasteiger partial charge is 0.255 e. The number of nitrogen functional groups attached to an aromatic ring is 1. The first-order valence-electron chi connectivity index (χ1n) is 10.2. The molecule has 1 fully saturated rings. The van der Waals surface area contributed by atoms with Crippen molar-refractivity contribution in [2.45, 2.75) is 32.2 Å². The van der Waals surface area contributed by atoms with Crippen LogP contribution in [0.25, 0.3) is 11.1 Å². The normalized spacial score (nSPS) is 16.4. The van der Waals surface area contributed by atoms with E-state index in [-0.39, 0.29) is 5.91 Å². The van der Waals surface area contributed by atoms with E-state index >= 15 is 0 Å². The van der Waals surface area contributed by atoms with Crippen LogP contribution in [0.4, 0.5) is 17.1 Å². The molecule has 0 unspecified atom stereocenters. The van der Waals surface area contributed by atoms with Crippen molar-refractivity contribution in [3.05, 3.63) is 78.4 Å². The number of carbonyl (C=O) groups is 1. The molecule has 1 amide bonds. The van der Waals surface area contributed by atoms with Gasteiger partial charge in [-0.1, -0.05) is 42.5 Å². The molecule has 3 N–H and O–H groups in total. The summed E-state index contributed by atoms with van der Waals surface area (Å²) in [4.78, 5) is 15.3. The summed E-state index contributed by atoms with van der Waals surface area (Å²) in [7, 11) is 0. The Balaban J connectivity index is 1.56. The van der Waals surface area contributed by atoms with Gasteiger partial charge in [0.25, 0.3) is 5.91 Å². The van der Waals surface area contributed by atoms with Crippen molar-refractivity contribution in [2.75, 3.05) is 22.5 Å². The van der Waals surface area contributed by atoms with Gasteiger partial charge in [0, 0.05) is 23.8 Å². The molecule has 4 nitrogen and oxygen atoms in total. The lowest BCUT2D eigenvalue weighted by molar-refractivity contribution is 0.102. The molecule has 1 saturated heterocycles. The van der Waals surface area contributed by atoms with Gasteiger partial charge < -0.3 is 16.0 Å². The second kappa shape index (κ2) is 8.39. The fraction of sp³-hybridized carbons (Fsp3) is 0.240. The van der Waals surface area contributed by atoms with Crippen LogP contribution in [-0.4, -0.2) is 18.5 Å². The lowest BCUT2D eigenvalue weighted by Crippen LogP contribution is -2.38. The predicted octanol–water partition coefficient (Wildman–Crippen LogP) is 5.57. The second-order valence-electron chi connectivity index (χ2n) is 7.71. The Bertz CT molecular complexity index is 983. The van der Waals surface area contributed by atoms with Gasteiger partial charge in [-0.15, -0.1) is 0 Å². The largest absolute Gasteiger partial charge is 0.399 e. The molecule has 3 aromatic rings. The van der Waals surface area contributed by atoms with Gasteiger partial charge in [-0.05, 0) is 67.6 Å². The molecule has 0 saturated carbocycles. The van der Waals surface area contributed by atoms with Crippen LogP contribution in [0.2, 0.25) is 0 Å². The zero-order valence-electron chi connectivity index (χ0n) is 16.8. The number of nitrogens with zero attached hydrogens (tertiary/aromatic N) is 1. The fourth-order valence-corrected chi connectivity index (χ4v) is 4.00. The van der Waals surface area contributed by atoms with Gasteiger partial charge in [0.1, 0.15) is 0 Å². The number of nitrogens with two attached hydrogens (primary N) is 1. The summed E-state index contributed by atoms with van der Waals surface area (Å²) >= 11 is 0. The van der Waals surface area contributed by atoms with Gasteiger partial charge in [0.2, 0.25) is 0 Å². The monoisotopic (exact) mass is 385 g/mol. The molecule has 0 aromatic heterocycles. The Morgan fingerprint density at radius 1 is 0.966 bits per heavy atom. The molecule has 3 aromatic carbocycles. The van der Waals surface area contributed by atoms with Crippen LogP contribution in [0.15, 0.2) is 72.8 Å². The van der Waals surface area contributed by atoms with Crippen molar-refractivity contribution >= 4 is 23.0 Å². The van der Waals surface area contributed by atoms with Gasteiger partial charge in [0.15, 0.2) is 0 Å². The highest BCUT2D eigenvalue weighted by atomic mass is 16.1. The van der Waals surface area contributed by atoms with Crippen LogP contribution in [0.1, 0.15) is 36.5 Å². The molecule has 0 aliphatic carbocycles. The highest BCUT2D eigenvalue weighted by Crippen LogP contribution is 2.33. The molecule has 4 rings (SSSR count). The standard InChI is InChI=1S/C25H27N3O/c1-18-7-5-6-16-28(18)24-15-14-22(26)17-23(24)27-25(29)21-12-10-20(11-13-21)19-8-3-2-4-9-19/h2-4,8-15,17-18H,5-7,16,26H2,1H3,(H,27,29)/t18-/m1/s1. The molecule has 148 valence electrons. The van der Waals surface area contributed by atoms with E-state index < -0.39 is 0 Å². The highest BCUT2D eigenvalue weighted by Gasteiger charge is 2.22. The van der Waals surface area contributed by atoms with E-state index in [2.05, 4.69) is 29.3 Å². The Morgan fingerprint density at radius 3 is 2.41 bits per heavy atom. The number of rotatable bonds is 4. The quantitative estimate of drug-likeness (QED) is 0.578. The first-order chi connectivity index (χ1) is 14.1. The number of hydrogen-bond acceptors (Lipinski definition) is 3. The van der Waals surface area contributed by atoms with E-state index in [9.17, 15) is 4.79 Å². The summed E-state index contributed by atoms with van der Waals surface area (Å²) in [5, 5.41) is 3.08. The van der Waals surface area contributed by atoms with Gasteiger partial charge in [-0.3, -0.25) is 4.79 Å². The number of nitrogens with one attached hydrogen (secondary N) is 1. The molecular formula is C25H27N3O. The topological polar surface area (TPSA) is 58.4 Å². The molecule has 4 heteroatoms. The average molecular weight is 386 g/mol. The van der Waals surface area contributed by atoms with Crippen molar-refractivity contribution < 1.29 is 4.79 Å². The minimum Gasteiger partial charge on any atom is -0.399 e. The summed E-state index contributed by atoms with van der Waals surface area (Å²) in [6.45, 7) is 3.24. The molecule has 0 bridgehead atoms. The minimum atomic E-state index is -0.124. The molecular weight excluding hydrogens is 358 g/mol. The van der Waals surface area contributed by atoms with Crippen molar-refractivity contribution in [3.63, 3.8) is 0 Å². The summed E-state index contributed by atoms with van der Waals surface area (Å²) < 4.78 is 0. The van der Waals surface area contributed by atoms with Gasteiger partial charge in [-0.25, -0.2) is 0 Å². The van der Waals surface area contributed by atoms with Gasteiger partial charge in [-0.2, -0.15) is 0 Å². The molecule has 1 aliphatic rings. The average Bonchev–Trinajstić information content (AvgIpc) is 2.75. The van der Waals surface area contributed by atoms with E-state index in [0.29, 0.717) is 17.3 Å². The third-order valence-electron chi connectivity index (χ3n) is 5.64. The number of anilines is 3. The van der Waals surface area contributed by atoms with Crippen molar-refractivity contribution in [1.29, 1.82) is 0 Å². The third kappa shape index (κ3) is 4.27. The predicted molar refractivity (Wildman–Crippen MR) is 121 cm³/mol. The Labute approximate surface area is 172 Å². The Kier molecular flexibility index (Phi) is 5.52. The van der Waals surface area contributed by atoms with Gasteiger partial charge in [0.05, 0.1) is 11.4 Å². The van der Waals surface area contributed by atoms with E-state index in [1.807, 2.05) is 60.7 Å². The van der Waals surface area contributed by atoms with E-state index in [0.717, 1.165) is 29.0 Å². The summed E-state index contributed by atoms with van der Waals surface area (Å²) in [5.74, 6) is -0.124. The molecule has 1 atom stereocenters. The number of hydrogen-bond donors (Lipinski definition) is 2. The summed E-state index contributed by atoms with van der Waals surface area (Å²) in [5.41, 5.74) is 11.3. The zero-order chi connectivity index (χ0) is 20.2. The van der Waals surface area contributed by atoms with Crippen molar-refractivity contribution in [2.24, 2.45) is 0 Å². The zero-order valence-corrected chi connectivity index (χ0v) is 16.8. The molecule has 0 spiro atoms. The van der Waals surface area contributed by atoms with Gasteiger partial charge >= 0.3 is 0 Å². The maximum atomic E-state index is 12.9. The van der Waals surface area contributed by atoms with E-state index in [1.54, 1.807) is 0 Å². The number of piperidine rings is 1. The molecule has 29 heavy (non-hydrogen) atoms. The van der Waals surface area contributed by atoms with Crippen LogP contribution in [-0.2, 0) is 0 Å². The molecule has 0 radical (unpaired) electrons. The maximum absolute atomic E-state index is 12.9. The van der Waals surface area contributed by atoms with E-state index in [1.165, 1.54) is 19.3 Å². The third-order valence-corrected chi connectivity index (χ3v) is 5.64. The van der Waals surface area contributed by atoms with Crippen LogP contribution in [0.5, 0.6) is 0 Å². The fourth-order valence-electron chi connectivity index (χ4n) is 4.00. The first kappa shape index (κ1) is 19.1. The summed E-state index contributed by atoms with van der Waals surface area (Å²) in [6, 6.07) is 24.1. The van der Waals surface area contributed by atoms with Crippen LogP contribution in [0, 0.1) is 0 Å². The lowest BCUT2D eigenvalue weighted by atomic mass is 10.0. The van der Waals surface area contributed by atoms with Crippen LogP contribution in [0.3, 0.4) is 0 Å². The highest BCUT2D eigenvalue weighted by molar-refractivity contribution is 6.06.